The van der Waals surface area contributed by atoms with Crippen LogP contribution in [-0.4, -0.2) is 75.4 Å². The van der Waals surface area contributed by atoms with Gasteiger partial charge in [0.05, 0.1) is 17.7 Å². The van der Waals surface area contributed by atoms with Crippen molar-refractivity contribution in [1.82, 2.24) is 19.8 Å². The highest BCUT2D eigenvalue weighted by Crippen LogP contribution is 2.33. The van der Waals surface area contributed by atoms with Crippen LogP contribution in [0.25, 0.3) is 11.4 Å². The molecule has 232 valence electrons. The van der Waals surface area contributed by atoms with E-state index in [1.807, 2.05) is 49.9 Å². The van der Waals surface area contributed by atoms with Crippen LogP contribution in [0.5, 0.6) is 0 Å². The van der Waals surface area contributed by atoms with Gasteiger partial charge in [-0.05, 0) is 69.7 Å². The van der Waals surface area contributed by atoms with Crippen LogP contribution in [0.3, 0.4) is 0 Å². The van der Waals surface area contributed by atoms with Gasteiger partial charge in [-0.25, -0.2) is 19.2 Å². The Labute approximate surface area is 257 Å². The molecule has 2 aliphatic rings. The highest BCUT2D eigenvalue weighted by atomic mass is 19.1. The summed E-state index contributed by atoms with van der Waals surface area (Å²) in [5, 5.41) is 0. The van der Waals surface area contributed by atoms with Crippen LogP contribution in [0.4, 0.5) is 9.18 Å². The van der Waals surface area contributed by atoms with E-state index in [1.54, 1.807) is 18.1 Å². The molecule has 2 amide bonds. The van der Waals surface area contributed by atoms with Gasteiger partial charge in [-0.3, -0.25) is 9.59 Å². The number of benzene rings is 2. The van der Waals surface area contributed by atoms with Gasteiger partial charge < -0.3 is 19.3 Å². The minimum atomic E-state index is -0.612. The molecule has 1 saturated carbocycles. The minimum Gasteiger partial charge on any atom is -0.444 e. The Kier molecular flexibility index (Phi) is 9.39. The van der Waals surface area contributed by atoms with E-state index in [0.29, 0.717) is 38.1 Å². The lowest BCUT2D eigenvalue weighted by Crippen LogP contribution is -2.50. The molecule has 2 aromatic carbocycles. The molecule has 0 bridgehead atoms. The van der Waals surface area contributed by atoms with Gasteiger partial charge >= 0.3 is 6.09 Å². The van der Waals surface area contributed by atoms with Gasteiger partial charge in [-0.2, -0.15) is 0 Å². The SMILES string of the molecule is COCc1cccc(CC(=O)c2ccc(-c3ncc(C(=O)N(C4CC4)C4CCN(C(=O)OC(C)(C)C)CC4)cn3)c(F)c2)c1. The molecule has 2 heterocycles. The number of carbonyl (C=O) groups is 3. The Balaban J connectivity index is 1.23. The first-order valence-corrected chi connectivity index (χ1v) is 15.0. The molecule has 5 rings (SSSR count). The topological polar surface area (TPSA) is 102 Å². The number of rotatable bonds is 9. The van der Waals surface area contributed by atoms with Crippen molar-refractivity contribution in [3.8, 4) is 11.4 Å². The molecule has 1 aromatic heterocycles. The van der Waals surface area contributed by atoms with Crippen molar-refractivity contribution in [1.29, 1.82) is 0 Å². The normalized spacial score (nSPS) is 15.6. The van der Waals surface area contributed by atoms with Crippen molar-refractivity contribution in [2.75, 3.05) is 20.2 Å². The van der Waals surface area contributed by atoms with Crippen LogP contribution in [0, 0.1) is 5.82 Å². The maximum absolute atomic E-state index is 15.2. The fourth-order valence-corrected chi connectivity index (χ4v) is 5.52. The van der Waals surface area contributed by atoms with Crippen molar-refractivity contribution in [3.63, 3.8) is 0 Å². The molecule has 44 heavy (non-hydrogen) atoms. The van der Waals surface area contributed by atoms with E-state index in [4.69, 9.17) is 9.47 Å². The summed E-state index contributed by atoms with van der Waals surface area (Å²) in [6.45, 7) is 7.01. The molecule has 0 N–H and O–H groups in total. The molecule has 0 spiro atoms. The number of likely N-dealkylation sites (tertiary alicyclic amines) is 1. The van der Waals surface area contributed by atoms with Crippen molar-refractivity contribution in [3.05, 3.63) is 82.9 Å². The predicted octanol–water partition coefficient (Wildman–Crippen LogP) is 5.86. The lowest BCUT2D eigenvalue weighted by Gasteiger charge is -2.39. The number of ether oxygens (including phenoxy) is 2. The van der Waals surface area contributed by atoms with Crippen LogP contribution in [0.1, 0.15) is 78.3 Å². The van der Waals surface area contributed by atoms with E-state index >= 15 is 4.39 Å². The van der Waals surface area contributed by atoms with E-state index in [0.717, 1.165) is 24.0 Å². The van der Waals surface area contributed by atoms with E-state index in [-0.39, 0.29) is 53.2 Å². The number of ketones is 1. The Morgan fingerprint density at radius 1 is 0.932 bits per heavy atom. The van der Waals surface area contributed by atoms with E-state index in [2.05, 4.69) is 9.97 Å². The third-order valence-corrected chi connectivity index (χ3v) is 7.78. The number of methoxy groups -OCH3 is 1. The number of halogens is 1. The molecule has 9 nitrogen and oxygen atoms in total. The number of piperidine rings is 1. The van der Waals surface area contributed by atoms with Gasteiger partial charge in [0.25, 0.3) is 5.91 Å². The summed E-state index contributed by atoms with van der Waals surface area (Å²) in [6, 6.07) is 12.0. The molecule has 10 heteroatoms. The molecule has 0 radical (unpaired) electrons. The first-order chi connectivity index (χ1) is 21.0. The Morgan fingerprint density at radius 2 is 1.59 bits per heavy atom. The van der Waals surface area contributed by atoms with Gasteiger partial charge in [0.15, 0.2) is 11.6 Å². The lowest BCUT2D eigenvalue weighted by atomic mass is 10.00. The van der Waals surface area contributed by atoms with E-state index < -0.39 is 11.4 Å². The maximum atomic E-state index is 15.2. The molecule has 2 fully saturated rings. The molecule has 1 aliphatic heterocycles. The Bertz CT molecular complexity index is 1510. The summed E-state index contributed by atoms with van der Waals surface area (Å²) in [5.41, 5.74) is 1.96. The molecule has 0 atom stereocenters. The number of hydrogen-bond acceptors (Lipinski definition) is 7. The van der Waals surface area contributed by atoms with Crippen molar-refractivity contribution >= 4 is 17.8 Å². The second-order valence-corrected chi connectivity index (χ2v) is 12.5. The monoisotopic (exact) mass is 602 g/mol. The van der Waals surface area contributed by atoms with Gasteiger partial charge in [-0.15, -0.1) is 0 Å². The average Bonchev–Trinajstić information content (AvgIpc) is 3.82. The summed E-state index contributed by atoms with van der Waals surface area (Å²) < 4.78 is 25.8. The van der Waals surface area contributed by atoms with Gasteiger partial charge in [-0.1, -0.05) is 30.3 Å². The molecule has 1 aliphatic carbocycles. The number of Topliss-reactive ketones (excluding diaryl/α,β-unsaturated/α-hetero) is 1. The number of carbonyl (C=O) groups excluding carboxylic acids is 3. The predicted molar refractivity (Wildman–Crippen MR) is 163 cm³/mol. The maximum Gasteiger partial charge on any atom is 0.410 e. The van der Waals surface area contributed by atoms with Crippen LogP contribution in [0.2, 0.25) is 0 Å². The first kappa shape index (κ1) is 31.3. The zero-order valence-electron chi connectivity index (χ0n) is 25.7. The fourth-order valence-electron chi connectivity index (χ4n) is 5.52. The van der Waals surface area contributed by atoms with E-state index in [9.17, 15) is 14.4 Å². The standard InChI is InChI=1S/C34H39FN4O5/c1-34(2,3)44-33(42)38-14-12-27(13-15-38)39(26-9-10-26)32(41)25-19-36-31(37-20-25)28-11-8-24(18-29(28)35)30(40)17-22-6-5-7-23(16-22)21-43-4/h5-8,11,16,18-20,26-27H,9-10,12-15,17,21H2,1-4H3. The minimum absolute atomic E-state index is 0.00154. The molecular weight excluding hydrogens is 563 g/mol. The molecular formula is C34H39FN4O5. The third-order valence-electron chi connectivity index (χ3n) is 7.78. The molecule has 1 saturated heterocycles. The fraction of sp³-hybridized carbons (Fsp3) is 0.441. The quantitative estimate of drug-likeness (QED) is 0.283. The van der Waals surface area contributed by atoms with Gasteiger partial charge in [0.1, 0.15) is 11.4 Å². The molecule has 0 unspecified atom stereocenters. The van der Waals surface area contributed by atoms with E-state index in [1.165, 1.54) is 24.5 Å². The smallest absolute Gasteiger partial charge is 0.410 e. The van der Waals surface area contributed by atoms with Crippen LogP contribution in [0.15, 0.2) is 54.9 Å². The van der Waals surface area contributed by atoms with Crippen LogP contribution >= 0.6 is 0 Å². The summed E-state index contributed by atoms with van der Waals surface area (Å²) in [4.78, 5) is 51.2. The van der Waals surface area contributed by atoms with Gasteiger partial charge in [0, 0.05) is 56.7 Å². The summed E-state index contributed by atoms with van der Waals surface area (Å²) in [6.07, 6.45) is 5.87. The zero-order valence-corrected chi connectivity index (χ0v) is 25.7. The Hall–Kier alpha value is -4.18. The zero-order chi connectivity index (χ0) is 31.4. The number of aromatic nitrogens is 2. The second-order valence-electron chi connectivity index (χ2n) is 12.5. The highest BCUT2D eigenvalue weighted by Gasteiger charge is 2.40. The summed E-state index contributed by atoms with van der Waals surface area (Å²) in [7, 11) is 1.61. The summed E-state index contributed by atoms with van der Waals surface area (Å²) >= 11 is 0. The first-order valence-electron chi connectivity index (χ1n) is 15.0. The Morgan fingerprint density at radius 3 is 2.20 bits per heavy atom. The van der Waals surface area contributed by atoms with Crippen LogP contribution < -0.4 is 0 Å². The second kappa shape index (κ2) is 13.2. The molecule has 3 aromatic rings. The van der Waals surface area contributed by atoms with Crippen molar-refractivity contribution in [2.45, 2.75) is 77.2 Å². The number of nitrogens with zero attached hydrogens (tertiary/aromatic N) is 4. The number of amides is 2. The van der Waals surface area contributed by atoms with Crippen LogP contribution in [-0.2, 0) is 22.5 Å². The average molecular weight is 603 g/mol. The van der Waals surface area contributed by atoms with Gasteiger partial charge in [0.2, 0.25) is 0 Å². The third kappa shape index (κ3) is 7.66. The van der Waals surface area contributed by atoms with Crippen molar-refractivity contribution in [2.24, 2.45) is 0 Å². The summed E-state index contributed by atoms with van der Waals surface area (Å²) in [5.74, 6) is -0.844. The highest BCUT2D eigenvalue weighted by molar-refractivity contribution is 5.98. The number of hydrogen-bond donors (Lipinski definition) is 0. The largest absolute Gasteiger partial charge is 0.444 e. The lowest BCUT2D eigenvalue weighted by molar-refractivity contribution is 0.0142. The van der Waals surface area contributed by atoms with Crippen molar-refractivity contribution < 1.29 is 28.2 Å².